The van der Waals surface area contributed by atoms with Gasteiger partial charge in [-0.3, -0.25) is 0 Å². The highest BCUT2D eigenvalue weighted by molar-refractivity contribution is 5.93. The van der Waals surface area contributed by atoms with Crippen LogP contribution in [0.5, 0.6) is 0 Å². The average Bonchev–Trinajstić information content (AvgIpc) is 2.15. The van der Waals surface area contributed by atoms with Crippen molar-refractivity contribution in [1.82, 2.24) is 4.98 Å². The van der Waals surface area contributed by atoms with Crippen LogP contribution in [-0.4, -0.2) is 32.3 Å². The van der Waals surface area contributed by atoms with E-state index < -0.39 is 17.1 Å². The summed E-state index contributed by atoms with van der Waals surface area (Å²) >= 11 is 0. The van der Waals surface area contributed by atoms with Crippen molar-refractivity contribution in [2.45, 2.75) is 38.8 Å². The van der Waals surface area contributed by atoms with Gasteiger partial charge < -0.3 is 15.5 Å². The Bertz CT molecular complexity index is 422. The van der Waals surface area contributed by atoms with E-state index in [9.17, 15) is 9.90 Å². The van der Waals surface area contributed by atoms with Gasteiger partial charge in [0.2, 0.25) is 0 Å². The highest BCUT2D eigenvalue weighted by Crippen LogP contribution is 2.26. The zero-order valence-electron chi connectivity index (χ0n) is 10.5. The third-order valence-corrected chi connectivity index (χ3v) is 3.00. The van der Waals surface area contributed by atoms with Crippen LogP contribution in [-0.2, 0) is 0 Å². The number of rotatable bonds is 4. The minimum atomic E-state index is -1.05. The number of nitrogens with one attached hydrogen (secondary N) is 1. The van der Waals surface area contributed by atoms with Gasteiger partial charge in [-0.25, -0.2) is 9.78 Å². The van der Waals surface area contributed by atoms with Crippen LogP contribution in [0, 0.1) is 0 Å². The summed E-state index contributed by atoms with van der Waals surface area (Å²) in [6.45, 7) is 6.88. The predicted molar refractivity (Wildman–Crippen MR) is 65.2 cm³/mol. The van der Waals surface area contributed by atoms with Gasteiger partial charge in [-0.05, 0) is 39.8 Å². The summed E-state index contributed by atoms with van der Waals surface area (Å²) in [4.78, 5) is 15.0. The number of carbonyl (C=O) groups is 1. The lowest BCUT2D eigenvalue weighted by Crippen LogP contribution is -2.51. The Kier molecular flexibility index (Phi) is 3.43. The Morgan fingerprint density at radius 2 is 1.94 bits per heavy atom. The number of pyridine rings is 1. The molecule has 0 saturated carbocycles. The summed E-state index contributed by atoms with van der Waals surface area (Å²) in [5.74, 6) is -0.792. The summed E-state index contributed by atoms with van der Waals surface area (Å²) < 4.78 is 0. The topological polar surface area (TPSA) is 82.5 Å². The van der Waals surface area contributed by atoms with Crippen LogP contribution in [0.3, 0.4) is 0 Å². The van der Waals surface area contributed by atoms with Crippen LogP contribution in [0.25, 0.3) is 0 Å². The lowest BCUT2D eigenvalue weighted by molar-refractivity contribution is 0.0237. The molecule has 94 valence electrons. The Morgan fingerprint density at radius 1 is 1.35 bits per heavy atom. The highest BCUT2D eigenvalue weighted by atomic mass is 16.4. The number of carboxylic acid groups (broad SMARTS) is 1. The second-order valence-corrected chi connectivity index (χ2v) is 5.01. The van der Waals surface area contributed by atoms with Crippen molar-refractivity contribution in [1.29, 1.82) is 0 Å². The Hall–Kier alpha value is -1.62. The first-order chi connectivity index (χ1) is 7.65. The van der Waals surface area contributed by atoms with Gasteiger partial charge in [-0.2, -0.15) is 0 Å². The largest absolute Gasteiger partial charge is 0.478 e. The SMILES string of the molecule is CC(C)(O)C(C)(C)Nc1ncccc1C(=O)O. The molecule has 5 nitrogen and oxygen atoms in total. The zero-order chi connectivity index (χ0) is 13.3. The van der Waals surface area contributed by atoms with E-state index in [1.165, 1.54) is 12.3 Å². The smallest absolute Gasteiger partial charge is 0.339 e. The Labute approximate surface area is 101 Å². The molecule has 0 amide bonds. The van der Waals surface area contributed by atoms with E-state index in [1.54, 1.807) is 33.8 Å². The number of aromatic carboxylic acids is 1. The Morgan fingerprint density at radius 3 is 2.41 bits per heavy atom. The molecular weight excluding hydrogens is 220 g/mol. The zero-order valence-corrected chi connectivity index (χ0v) is 10.5. The fraction of sp³-hybridized carbons (Fsp3) is 0.500. The fourth-order valence-electron chi connectivity index (χ4n) is 1.13. The van der Waals surface area contributed by atoms with E-state index >= 15 is 0 Å². The lowest BCUT2D eigenvalue weighted by Gasteiger charge is -2.38. The van der Waals surface area contributed by atoms with E-state index in [1.807, 2.05) is 0 Å². The molecule has 17 heavy (non-hydrogen) atoms. The van der Waals surface area contributed by atoms with Crippen molar-refractivity contribution in [2.24, 2.45) is 0 Å². The molecule has 0 unspecified atom stereocenters. The molecule has 1 aromatic heterocycles. The van der Waals surface area contributed by atoms with Crippen molar-refractivity contribution in [3.63, 3.8) is 0 Å². The maximum Gasteiger partial charge on any atom is 0.339 e. The van der Waals surface area contributed by atoms with Gasteiger partial charge in [0.25, 0.3) is 0 Å². The van der Waals surface area contributed by atoms with Gasteiger partial charge in [-0.1, -0.05) is 0 Å². The van der Waals surface area contributed by atoms with Gasteiger partial charge in [-0.15, -0.1) is 0 Å². The molecule has 0 saturated heterocycles. The van der Waals surface area contributed by atoms with Crippen LogP contribution in [0.1, 0.15) is 38.1 Å². The van der Waals surface area contributed by atoms with Crippen LogP contribution in [0.4, 0.5) is 5.82 Å². The standard InChI is InChI=1S/C12H18N2O3/c1-11(2,12(3,4)17)14-9-8(10(15)16)6-5-7-13-9/h5-7,17H,1-4H3,(H,13,14)(H,15,16). The monoisotopic (exact) mass is 238 g/mol. The molecule has 0 aliphatic rings. The Balaban J connectivity index is 3.08. The summed E-state index contributed by atoms with van der Waals surface area (Å²) in [5.41, 5.74) is -1.63. The lowest BCUT2D eigenvalue weighted by atomic mass is 9.86. The first kappa shape index (κ1) is 13.4. The van der Waals surface area contributed by atoms with Crippen LogP contribution >= 0.6 is 0 Å². The van der Waals surface area contributed by atoms with Crippen molar-refractivity contribution < 1.29 is 15.0 Å². The second kappa shape index (κ2) is 4.33. The summed E-state index contributed by atoms with van der Waals surface area (Å²) in [6, 6.07) is 3.03. The predicted octanol–water partition coefficient (Wildman–Crippen LogP) is 1.74. The van der Waals surface area contributed by atoms with Crippen LogP contribution in [0.2, 0.25) is 0 Å². The molecule has 1 heterocycles. The normalized spacial score (nSPS) is 12.3. The maximum absolute atomic E-state index is 11.0. The molecule has 0 aliphatic carbocycles. The fourth-order valence-corrected chi connectivity index (χ4v) is 1.13. The quantitative estimate of drug-likeness (QED) is 0.744. The first-order valence-electron chi connectivity index (χ1n) is 5.34. The number of anilines is 1. The molecule has 0 spiro atoms. The van der Waals surface area contributed by atoms with E-state index in [0.717, 1.165) is 0 Å². The van der Waals surface area contributed by atoms with E-state index in [0.29, 0.717) is 0 Å². The molecule has 0 bridgehead atoms. The van der Waals surface area contributed by atoms with Crippen molar-refractivity contribution in [2.75, 3.05) is 5.32 Å². The number of hydrogen-bond acceptors (Lipinski definition) is 4. The molecule has 0 fully saturated rings. The average molecular weight is 238 g/mol. The maximum atomic E-state index is 11.0. The minimum absolute atomic E-state index is 0.0878. The third kappa shape index (κ3) is 2.94. The molecule has 0 aromatic carbocycles. The van der Waals surface area contributed by atoms with E-state index in [4.69, 9.17) is 5.11 Å². The first-order valence-corrected chi connectivity index (χ1v) is 5.34. The van der Waals surface area contributed by atoms with E-state index in [2.05, 4.69) is 10.3 Å². The molecule has 1 rings (SSSR count). The number of carboxylic acids is 1. The third-order valence-electron chi connectivity index (χ3n) is 3.00. The molecule has 0 aliphatic heterocycles. The number of nitrogens with zero attached hydrogens (tertiary/aromatic N) is 1. The molecule has 3 N–H and O–H groups in total. The molecule has 5 heteroatoms. The summed E-state index contributed by atoms with van der Waals surface area (Å²) in [6.07, 6.45) is 1.51. The van der Waals surface area contributed by atoms with Gasteiger partial charge in [0.1, 0.15) is 11.4 Å². The summed E-state index contributed by atoms with van der Waals surface area (Å²) in [5, 5.41) is 22.0. The van der Waals surface area contributed by atoms with Crippen molar-refractivity contribution in [3.8, 4) is 0 Å². The van der Waals surface area contributed by atoms with Gasteiger partial charge in [0.05, 0.1) is 11.1 Å². The molecule has 1 aromatic rings. The van der Waals surface area contributed by atoms with Crippen LogP contribution < -0.4 is 5.32 Å². The molecular formula is C12H18N2O3. The van der Waals surface area contributed by atoms with Gasteiger partial charge >= 0.3 is 5.97 Å². The van der Waals surface area contributed by atoms with Crippen LogP contribution in [0.15, 0.2) is 18.3 Å². The highest BCUT2D eigenvalue weighted by Gasteiger charge is 2.36. The number of aromatic nitrogens is 1. The molecule has 0 radical (unpaired) electrons. The number of aliphatic hydroxyl groups is 1. The van der Waals surface area contributed by atoms with Gasteiger partial charge in [0, 0.05) is 6.20 Å². The van der Waals surface area contributed by atoms with Gasteiger partial charge in [0.15, 0.2) is 0 Å². The number of hydrogen-bond donors (Lipinski definition) is 3. The summed E-state index contributed by atoms with van der Waals surface area (Å²) in [7, 11) is 0. The van der Waals surface area contributed by atoms with Crippen molar-refractivity contribution >= 4 is 11.8 Å². The second-order valence-electron chi connectivity index (χ2n) is 5.01. The van der Waals surface area contributed by atoms with Crippen molar-refractivity contribution in [3.05, 3.63) is 23.9 Å². The van der Waals surface area contributed by atoms with E-state index in [-0.39, 0.29) is 11.4 Å². The molecule has 0 atom stereocenters. The minimum Gasteiger partial charge on any atom is -0.478 e.